The molecule has 0 bridgehead atoms. The van der Waals surface area contributed by atoms with E-state index in [1.807, 2.05) is 48.8 Å². The first kappa shape index (κ1) is 12.5. The normalized spacial score (nSPS) is 10.9. The average molecular weight is 287 g/mol. The Morgan fingerprint density at radius 1 is 0.909 bits per heavy atom. The van der Waals surface area contributed by atoms with Crippen LogP contribution < -0.4 is 4.74 Å². The van der Waals surface area contributed by atoms with E-state index in [-0.39, 0.29) is 0 Å². The number of H-pyrrole nitrogens is 2. The van der Waals surface area contributed by atoms with Crippen LogP contribution in [-0.2, 0) is 0 Å². The van der Waals surface area contributed by atoms with Crippen molar-refractivity contribution < 1.29 is 4.74 Å². The summed E-state index contributed by atoms with van der Waals surface area (Å²) >= 11 is 0. The van der Waals surface area contributed by atoms with Gasteiger partial charge in [-0.15, -0.1) is 0 Å². The Hall–Kier alpha value is -3.19. The number of aromatic nitrogens is 2. The largest absolute Gasteiger partial charge is 0.497 e. The molecule has 0 radical (unpaired) electrons. The van der Waals surface area contributed by atoms with Crippen LogP contribution in [0.3, 0.4) is 0 Å². The average Bonchev–Trinajstić information content (AvgIpc) is 3.16. The number of nitrogens with zero attached hydrogens (tertiary/aromatic N) is 1. The summed E-state index contributed by atoms with van der Waals surface area (Å²) in [5.41, 5.74) is 4.92. The summed E-state index contributed by atoms with van der Waals surface area (Å²) in [6.45, 7) is 7.19. The highest BCUT2D eigenvalue weighted by molar-refractivity contribution is 6.05. The molecule has 4 aromatic rings. The summed E-state index contributed by atoms with van der Waals surface area (Å²) in [6, 6.07) is 11.7. The minimum absolute atomic E-state index is 0.644. The first-order chi connectivity index (χ1) is 10.8. The van der Waals surface area contributed by atoms with E-state index in [4.69, 9.17) is 11.3 Å². The molecule has 2 N–H and O–H groups in total. The number of aromatic amines is 2. The van der Waals surface area contributed by atoms with Crippen LogP contribution in [0.15, 0.2) is 48.8 Å². The van der Waals surface area contributed by atoms with Gasteiger partial charge in [-0.2, -0.15) is 0 Å². The Balaban J connectivity index is 2.01. The highest BCUT2D eigenvalue weighted by Gasteiger charge is 2.12. The van der Waals surface area contributed by atoms with Gasteiger partial charge in [-0.1, -0.05) is 6.07 Å². The Kier molecular flexibility index (Phi) is 2.67. The van der Waals surface area contributed by atoms with Gasteiger partial charge in [0.25, 0.3) is 0 Å². The predicted molar refractivity (Wildman–Crippen MR) is 88.4 cm³/mol. The van der Waals surface area contributed by atoms with Gasteiger partial charge < -0.3 is 14.7 Å². The number of methoxy groups -OCH3 is 1. The van der Waals surface area contributed by atoms with Crippen LogP contribution in [-0.4, -0.2) is 17.1 Å². The first-order valence-corrected chi connectivity index (χ1v) is 6.94. The van der Waals surface area contributed by atoms with E-state index in [0.29, 0.717) is 5.69 Å². The predicted octanol–water partition coefficient (Wildman–Crippen LogP) is 4.88. The van der Waals surface area contributed by atoms with Crippen molar-refractivity contribution in [3.8, 4) is 16.9 Å². The smallest absolute Gasteiger partial charge is 0.188 e. The Morgan fingerprint density at radius 3 is 2.18 bits per heavy atom. The van der Waals surface area contributed by atoms with Gasteiger partial charge in [0.15, 0.2) is 5.69 Å². The fraction of sp³-hybridized carbons (Fsp3) is 0.0556. The number of nitrogens with one attached hydrogen (secondary N) is 2. The molecule has 106 valence electrons. The molecule has 22 heavy (non-hydrogen) atoms. The maximum absolute atomic E-state index is 7.19. The zero-order valence-electron chi connectivity index (χ0n) is 12.0. The molecule has 4 heteroatoms. The molecule has 2 heterocycles. The second-order valence-corrected chi connectivity index (χ2v) is 5.16. The second kappa shape index (κ2) is 4.68. The molecule has 0 atom stereocenters. The van der Waals surface area contributed by atoms with Gasteiger partial charge in [-0.05, 0) is 35.7 Å². The van der Waals surface area contributed by atoms with E-state index in [2.05, 4.69) is 14.8 Å². The molecule has 0 saturated carbocycles. The molecule has 2 aromatic heterocycles. The summed E-state index contributed by atoms with van der Waals surface area (Å²) < 4.78 is 5.33. The Morgan fingerprint density at radius 2 is 1.55 bits per heavy atom. The lowest BCUT2D eigenvalue weighted by Crippen LogP contribution is -1.81. The lowest BCUT2D eigenvalue weighted by Gasteiger charge is -2.02. The van der Waals surface area contributed by atoms with Gasteiger partial charge in [0.2, 0.25) is 0 Å². The minimum Gasteiger partial charge on any atom is -0.497 e. The molecule has 4 nitrogen and oxygen atoms in total. The van der Waals surface area contributed by atoms with Crippen molar-refractivity contribution in [2.45, 2.75) is 0 Å². The topological polar surface area (TPSA) is 45.2 Å². The monoisotopic (exact) mass is 287 g/mol. The number of rotatable bonds is 2. The number of fused-ring (bicyclic) bond motifs is 2. The summed E-state index contributed by atoms with van der Waals surface area (Å²) in [7, 11) is 1.67. The van der Waals surface area contributed by atoms with Crippen molar-refractivity contribution in [1.29, 1.82) is 0 Å². The third-order valence-corrected chi connectivity index (χ3v) is 3.97. The molecule has 0 saturated heterocycles. The van der Waals surface area contributed by atoms with Crippen LogP contribution in [0, 0.1) is 6.57 Å². The van der Waals surface area contributed by atoms with E-state index in [0.717, 1.165) is 38.7 Å². The number of ether oxygens (including phenoxy) is 1. The van der Waals surface area contributed by atoms with Crippen LogP contribution in [0.25, 0.3) is 37.8 Å². The first-order valence-electron chi connectivity index (χ1n) is 6.94. The fourth-order valence-electron chi connectivity index (χ4n) is 2.85. The van der Waals surface area contributed by atoms with Gasteiger partial charge in [0, 0.05) is 39.9 Å². The van der Waals surface area contributed by atoms with Crippen LogP contribution in [0.5, 0.6) is 5.75 Å². The Bertz CT molecular complexity index is 1030. The van der Waals surface area contributed by atoms with Gasteiger partial charge >= 0.3 is 0 Å². The molecule has 0 fully saturated rings. The Labute approximate surface area is 127 Å². The van der Waals surface area contributed by atoms with Gasteiger partial charge in [-0.25, -0.2) is 4.85 Å². The van der Waals surface area contributed by atoms with E-state index in [1.165, 1.54) is 0 Å². The van der Waals surface area contributed by atoms with Crippen molar-refractivity contribution in [3.63, 3.8) is 0 Å². The third kappa shape index (κ3) is 1.76. The maximum Gasteiger partial charge on any atom is 0.188 e. The van der Waals surface area contributed by atoms with Gasteiger partial charge in [-0.3, -0.25) is 0 Å². The lowest BCUT2D eigenvalue weighted by molar-refractivity contribution is 0.415. The molecule has 4 rings (SSSR count). The van der Waals surface area contributed by atoms with Crippen LogP contribution in [0.2, 0.25) is 0 Å². The number of hydrogen-bond donors (Lipinski definition) is 2. The van der Waals surface area contributed by atoms with E-state index >= 15 is 0 Å². The van der Waals surface area contributed by atoms with E-state index in [1.54, 1.807) is 7.11 Å². The van der Waals surface area contributed by atoms with Gasteiger partial charge in [0.05, 0.1) is 13.7 Å². The zero-order valence-corrected chi connectivity index (χ0v) is 12.0. The third-order valence-electron chi connectivity index (χ3n) is 3.97. The summed E-state index contributed by atoms with van der Waals surface area (Å²) in [6.07, 6.45) is 3.98. The lowest BCUT2D eigenvalue weighted by atomic mass is 10.0. The molecule has 0 aliphatic heterocycles. The van der Waals surface area contributed by atoms with Crippen molar-refractivity contribution >= 4 is 27.5 Å². The van der Waals surface area contributed by atoms with Crippen molar-refractivity contribution in [3.05, 3.63) is 60.2 Å². The van der Waals surface area contributed by atoms with Crippen LogP contribution in [0.1, 0.15) is 0 Å². The molecule has 0 unspecified atom stereocenters. The van der Waals surface area contributed by atoms with Crippen molar-refractivity contribution in [2.75, 3.05) is 7.11 Å². The molecule has 0 aliphatic carbocycles. The molecule has 0 amide bonds. The SMILES string of the molecule is [C-]#[N+]c1ccc2[nH]cc(-c3c[nH]c4ccc(OC)cc34)c2c1. The van der Waals surface area contributed by atoms with Crippen LogP contribution >= 0.6 is 0 Å². The summed E-state index contributed by atoms with van der Waals surface area (Å²) in [5.74, 6) is 0.829. The van der Waals surface area contributed by atoms with E-state index < -0.39 is 0 Å². The summed E-state index contributed by atoms with van der Waals surface area (Å²) in [4.78, 5) is 10.1. The van der Waals surface area contributed by atoms with Crippen LogP contribution in [0.4, 0.5) is 5.69 Å². The van der Waals surface area contributed by atoms with Crippen molar-refractivity contribution in [1.82, 2.24) is 9.97 Å². The van der Waals surface area contributed by atoms with Gasteiger partial charge in [0.1, 0.15) is 5.75 Å². The molecular weight excluding hydrogens is 274 g/mol. The second-order valence-electron chi connectivity index (χ2n) is 5.16. The van der Waals surface area contributed by atoms with Crippen molar-refractivity contribution in [2.24, 2.45) is 0 Å². The molecule has 0 aliphatic rings. The fourth-order valence-corrected chi connectivity index (χ4v) is 2.85. The standard InChI is InChI=1S/C18H13N3O/c1-19-11-3-5-17-13(7-11)15(9-20-17)16-10-21-18-6-4-12(22-2)8-14(16)18/h3-10,20-21H,2H3. The van der Waals surface area contributed by atoms with E-state index in [9.17, 15) is 0 Å². The zero-order chi connectivity index (χ0) is 15.1. The number of hydrogen-bond acceptors (Lipinski definition) is 1. The molecule has 0 spiro atoms. The molecule has 2 aromatic carbocycles. The molecular formula is C18H13N3O. The summed E-state index contributed by atoms with van der Waals surface area (Å²) in [5, 5.41) is 2.16. The number of benzene rings is 2. The maximum atomic E-state index is 7.19. The highest BCUT2D eigenvalue weighted by atomic mass is 16.5. The highest BCUT2D eigenvalue weighted by Crippen LogP contribution is 2.36. The quantitative estimate of drug-likeness (QED) is 0.507. The minimum atomic E-state index is 0.644.